The molecule has 0 N–H and O–H groups in total. The zero-order valence-electron chi connectivity index (χ0n) is 14.9. The van der Waals surface area contributed by atoms with Crippen LogP contribution in [-0.2, 0) is 12.8 Å². The Morgan fingerprint density at radius 2 is 1.22 bits per heavy atom. The summed E-state index contributed by atoms with van der Waals surface area (Å²) in [6.45, 7) is 0. The number of aryl methyl sites for hydroxylation is 1. The summed E-state index contributed by atoms with van der Waals surface area (Å²) in [4.78, 5) is 0. The quantitative estimate of drug-likeness (QED) is 0.490. The minimum absolute atomic E-state index is 0. The first-order chi connectivity index (χ1) is 12.9. The second-order valence-corrected chi connectivity index (χ2v) is 6.72. The van der Waals surface area contributed by atoms with Gasteiger partial charge in [-0.1, -0.05) is 66.7 Å². The van der Waals surface area contributed by atoms with E-state index in [-0.39, 0.29) is 12.4 Å². The van der Waals surface area contributed by atoms with E-state index < -0.39 is 0 Å². The summed E-state index contributed by atoms with van der Waals surface area (Å²) in [7, 11) is 0. The van der Waals surface area contributed by atoms with Gasteiger partial charge in [0.2, 0.25) is 0 Å². The molecular formula is C25H19ClO. The molecule has 1 heterocycles. The van der Waals surface area contributed by atoms with Crippen molar-refractivity contribution in [1.82, 2.24) is 0 Å². The summed E-state index contributed by atoms with van der Waals surface area (Å²) in [6, 6.07) is 31.8. The Kier molecular flexibility index (Phi) is 4.79. The third-order valence-corrected chi connectivity index (χ3v) is 5.14. The molecule has 3 aromatic carbocycles. The zero-order valence-corrected chi connectivity index (χ0v) is 15.6. The van der Waals surface area contributed by atoms with E-state index in [4.69, 9.17) is 4.42 Å². The van der Waals surface area contributed by atoms with Crippen LogP contribution in [0, 0.1) is 0 Å². The van der Waals surface area contributed by atoms with Gasteiger partial charge in [-0.15, -0.1) is 0 Å². The van der Waals surface area contributed by atoms with E-state index in [9.17, 15) is 0 Å². The van der Waals surface area contributed by atoms with Gasteiger partial charge < -0.3 is 12.4 Å². The molecule has 0 fully saturated rings. The molecule has 1 aromatic heterocycles. The van der Waals surface area contributed by atoms with Crippen LogP contribution in [0.2, 0.25) is 0 Å². The lowest BCUT2D eigenvalue weighted by atomic mass is 9.85. The molecule has 0 unspecified atom stereocenters. The molecule has 0 bridgehead atoms. The highest BCUT2D eigenvalue weighted by Crippen LogP contribution is 2.41. The van der Waals surface area contributed by atoms with Crippen LogP contribution in [0.5, 0.6) is 0 Å². The van der Waals surface area contributed by atoms with E-state index in [0.29, 0.717) is 0 Å². The smallest absolute Gasteiger partial charge is 0.364 e. The Morgan fingerprint density at radius 3 is 1.96 bits per heavy atom. The van der Waals surface area contributed by atoms with E-state index >= 15 is 0 Å². The third-order valence-electron chi connectivity index (χ3n) is 5.14. The Hall–Kier alpha value is -2.90. The number of hydrogen-bond donors (Lipinski definition) is 0. The molecule has 27 heavy (non-hydrogen) atoms. The molecule has 1 aliphatic carbocycles. The van der Waals surface area contributed by atoms with Crippen molar-refractivity contribution in [2.24, 2.45) is 0 Å². The molecule has 1 nitrogen and oxygen atoms in total. The van der Waals surface area contributed by atoms with Gasteiger partial charge in [0.15, 0.2) is 0 Å². The average Bonchev–Trinajstić information content (AvgIpc) is 2.74. The summed E-state index contributed by atoms with van der Waals surface area (Å²) in [5, 5.41) is 0. The summed E-state index contributed by atoms with van der Waals surface area (Å²) >= 11 is 0. The molecule has 0 aliphatic heterocycles. The van der Waals surface area contributed by atoms with E-state index in [1.165, 1.54) is 27.8 Å². The predicted octanol–water partition coefficient (Wildman–Crippen LogP) is 3.66. The van der Waals surface area contributed by atoms with E-state index in [0.717, 1.165) is 29.9 Å². The minimum Gasteiger partial charge on any atom is -1.00 e. The van der Waals surface area contributed by atoms with Crippen LogP contribution < -0.4 is 12.4 Å². The van der Waals surface area contributed by atoms with Crippen molar-refractivity contribution in [3.8, 4) is 33.8 Å². The monoisotopic (exact) mass is 370 g/mol. The van der Waals surface area contributed by atoms with Gasteiger partial charge >= 0.3 is 11.5 Å². The van der Waals surface area contributed by atoms with Gasteiger partial charge in [-0.3, -0.25) is 0 Å². The lowest BCUT2D eigenvalue weighted by Crippen LogP contribution is -3.00. The van der Waals surface area contributed by atoms with Crippen LogP contribution in [0.25, 0.3) is 33.8 Å². The van der Waals surface area contributed by atoms with Crippen molar-refractivity contribution < 1.29 is 16.8 Å². The normalized spacial score (nSPS) is 11.9. The van der Waals surface area contributed by atoms with Crippen molar-refractivity contribution in [3.05, 3.63) is 102 Å². The molecule has 5 rings (SSSR count). The first-order valence-electron chi connectivity index (χ1n) is 9.09. The highest BCUT2D eigenvalue weighted by molar-refractivity contribution is 5.81. The maximum absolute atomic E-state index is 6.47. The lowest BCUT2D eigenvalue weighted by Gasteiger charge is -2.16. The summed E-state index contributed by atoms with van der Waals surface area (Å²) in [5.74, 6) is 1.94. The van der Waals surface area contributed by atoms with Crippen molar-refractivity contribution >= 4 is 0 Å². The van der Waals surface area contributed by atoms with Crippen LogP contribution in [0.4, 0.5) is 0 Å². The molecule has 0 atom stereocenters. The van der Waals surface area contributed by atoms with Gasteiger partial charge in [0.25, 0.3) is 0 Å². The minimum atomic E-state index is 0. The maximum Gasteiger partial charge on any atom is 0.364 e. The largest absolute Gasteiger partial charge is 1.00 e. The number of hydrogen-bond acceptors (Lipinski definition) is 0. The summed E-state index contributed by atoms with van der Waals surface area (Å²) < 4.78 is 6.47. The first kappa shape index (κ1) is 17.5. The molecule has 0 radical (unpaired) electrons. The molecule has 0 saturated heterocycles. The molecular weight excluding hydrogens is 352 g/mol. The zero-order chi connectivity index (χ0) is 17.3. The predicted molar refractivity (Wildman–Crippen MR) is 107 cm³/mol. The van der Waals surface area contributed by atoms with E-state index in [1.807, 2.05) is 6.07 Å². The maximum atomic E-state index is 6.47. The van der Waals surface area contributed by atoms with Gasteiger partial charge in [-0.25, -0.2) is 4.42 Å². The first-order valence-corrected chi connectivity index (χ1v) is 9.09. The van der Waals surface area contributed by atoms with Crippen molar-refractivity contribution in [2.45, 2.75) is 12.8 Å². The van der Waals surface area contributed by atoms with Crippen LogP contribution in [0.1, 0.15) is 11.1 Å². The molecule has 1 aliphatic rings. The van der Waals surface area contributed by atoms with Gasteiger partial charge in [0.1, 0.15) is 0 Å². The number of rotatable bonds is 2. The third kappa shape index (κ3) is 3.15. The second-order valence-electron chi connectivity index (χ2n) is 6.72. The molecule has 0 spiro atoms. The molecule has 0 saturated carbocycles. The van der Waals surface area contributed by atoms with Crippen molar-refractivity contribution in [1.29, 1.82) is 0 Å². The van der Waals surface area contributed by atoms with Crippen LogP contribution in [0.15, 0.2) is 95.4 Å². The molecule has 132 valence electrons. The topological polar surface area (TPSA) is 11.3 Å². The SMILES string of the molecule is [Cl-].c1ccc(-c2cc(-c3ccccc3)c3c([o+]2)-c2ccccc2CC3)cc1. The highest BCUT2D eigenvalue weighted by Gasteiger charge is 2.31. The fourth-order valence-corrected chi connectivity index (χ4v) is 3.85. The number of benzene rings is 3. The Morgan fingerprint density at radius 1 is 0.593 bits per heavy atom. The van der Waals surface area contributed by atoms with E-state index in [1.54, 1.807) is 0 Å². The summed E-state index contributed by atoms with van der Waals surface area (Å²) in [6.07, 6.45) is 2.07. The number of fused-ring (bicyclic) bond motifs is 3. The van der Waals surface area contributed by atoms with Crippen LogP contribution >= 0.6 is 0 Å². The Bertz CT molecular complexity index is 1050. The van der Waals surface area contributed by atoms with Gasteiger partial charge in [0, 0.05) is 5.56 Å². The second kappa shape index (κ2) is 7.38. The van der Waals surface area contributed by atoms with Crippen molar-refractivity contribution in [3.63, 3.8) is 0 Å². The van der Waals surface area contributed by atoms with Crippen LogP contribution in [-0.4, -0.2) is 0 Å². The van der Waals surface area contributed by atoms with Crippen LogP contribution in [0.3, 0.4) is 0 Å². The fourth-order valence-electron chi connectivity index (χ4n) is 3.85. The number of halogens is 1. The molecule has 2 heteroatoms. The Balaban J connectivity index is 0.00000180. The lowest BCUT2D eigenvalue weighted by molar-refractivity contribution is -0.00000546. The standard InChI is InChI=1S/C25H19O.ClH/c1-3-9-18(10-4-1)23-17-24(20-12-5-2-6-13-20)26-25-21-14-8-7-11-19(21)15-16-22(23)25;/h1-14,17H,15-16H2;1H/q+1;/p-1. The fraction of sp³-hybridized carbons (Fsp3) is 0.0800. The van der Waals surface area contributed by atoms with E-state index in [2.05, 4.69) is 84.9 Å². The molecule has 4 aromatic rings. The summed E-state index contributed by atoms with van der Waals surface area (Å²) in [5.41, 5.74) is 7.54. The highest BCUT2D eigenvalue weighted by atomic mass is 35.5. The Labute approximate surface area is 165 Å². The van der Waals surface area contributed by atoms with Gasteiger partial charge in [-0.2, -0.15) is 0 Å². The van der Waals surface area contributed by atoms with Gasteiger partial charge in [-0.05, 0) is 42.2 Å². The van der Waals surface area contributed by atoms with Gasteiger partial charge in [0.05, 0.1) is 22.8 Å². The molecule has 0 amide bonds. The van der Waals surface area contributed by atoms with Crippen molar-refractivity contribution in [2.75, 3.05) is 0 Å². The average molecular weight is 371 g/mol.